The third kappa shape index (κ3) is 3.24. The maximum Gasteiger partial charge on any atom is 0.253 e. The molecule has 2 N–H and O–H groups in total. The van der Waals surface area contributed by atoms with Crippen LogP contribution in [0.4, 0.5) is 0 Å². The predicted molar refractivity (Wildman–Crippen MR) is 108 cm³/mol. The second-order valence-electron chi connectivity index (χ2n) is 6.40. The highest BCUT2D eigenvalue weighted by molar-refractivity contribution is 7.80. The van der Waals surface area contributed by atoms with Crippen LogP contribution in [0.25, 0.3) is 10.8 Å². The molecule has 0 saturated carbocycles. The number of benzene rings is 2. The summed E-state index contributed by atoms with van der Waals surface area (Å²) in [6.45, 7) is 4.37. The second kappa shape index (κ2) is 7.33. The average Bonchev–Trinajstić information content (AvgIpc) is 2.60. The lowest BCUT2D eigenvalue weighted by Gasteiger charge is -2.33. The number of nitrogens with one attached hydrogen (secondary N) is 2. The topological polar surface area (TPSA) is 53.6 Å². The lowest BCUT2D eigenvalue weighted by molar-refractivity contribution is -0.125. The molecule has 1 atom stereocenters. The Morgan fingerprint density at radius 3 is 2.65 bits per heavy atom. The van der Waals surface area contributed by atoms with Crippen molar-refractivity contribution in [3.63, 3.8) is 0 Å². The van der Waals surface area contributed by atoms with Gasteiger partial charge in [-0.05, 0) is 42.9 Å². The summed E-state index contributed by atoms with van der Waals surface area (Å²) in [5, 5.41) is 8.98. The van der Waals surface area contributed by atoms with Crippen molar-refractivity contribution in [1.82, 2.24) is 15.5 Å². The van der Waals surface area contributed by atoms with E-state index in [1.165, 1.54) is 0 Å². The van der Waals surface area contributed by atoms with E-state index in [4.69, 9.17) is 17.0 Å². The van der Waals surface area contributed by atoms with Gasteiger partial charge in [-0.1, -0.05) is 30.3 Å². The van der Waals surface area contributed by atoms with Gasteiger partial charge in [-0.25, -0.2) is 0 Å². The molecule has 3 rings (SSSR count). The number of hydrogen-bond donors (Lipinski definition) is 2. The van der Waals surface area contributed by atoms with Gasteiger partial charge in [0, 0.05) is 25.4 Å². The number of carbonyl (C=O) groups is 1. The smallest absolute Gasteiger partial charge is 0.253 e. The summed E-state index contributed by atoms with van der Waals surface area (Å²) in [5.41, 5.74) is 2.33. The molecule has 1 heterocycles. The van der Waals surface area contributed by atoms with E-state index in [0.29, 0.717) is 17.3 Å². The van der Waals surface area contributed by atoms with E-state index in [0.717, 1.165) is 27.8 Å². The van der Waals surface area contributed by atoms with Gasteiger partial charge in [0.15, 0.2) is 5.11 Å². The molecule has 0 aromatic heterocycles. The first kappa shape index (κ1) is 18.2. The van der Waals surface area contributed by atoms with Crippen LogP contribution in [0.5, 0.6) is 5.75 Å². The standard InChI is InChI=1S/C20H23N3O2S/c1-5-25-15-11-10-13-8-6-7-9-14(13)17(15)18-16(19(24)23(3)4)12(2)21-20(26)22-18/h6-11,18H,5H2,1-4H3,(H2,21,22,26). The van der Waals surface area contributed by atoms with Crippen molar-refractivity contribution in [3.8, 4) is 5.75 Å². The van der Waals surface area contributed by atoms with Gasteiger partial charge < -0.3 is 20.3 Å². The number of fused-ring (bicyclic) bond motifs is 1. The highest BCUT2D eigenvalue weighted by atomic mass is 32.1. The Balaban J connectivity index is 2.28. The van der Waals surface area contributed by atoms with Crippen molar-refractivity contribution >= 4 is 34.0 Å². The molecule has 6 heteroatoms. The van der Waals surface area contributed by atoms with Crippen LogP contribution in [0.1, 0.15) is 25.5 Å². The number of likely N-dealkylation sites (N-methyl/N-ethyl adjacent to an activating group) is 1. The lowest BCUT2D eigenvalue weighted by Crippen LogP contribution is -2.46. The normalized spacial score (nSPS) is 16.9. The number of thiocarbonyl (C=S) groups is 1. The minimum Gasteiger partial charge on any atom is -0.493 e. The molecule has 0 saturated heterocycles. The van der Waals surface area contributed by atoms with Gasteiger partial charge >= 0.3 is 0 Å². The van der Waals surface area contributed by atoms with Gasteiger partial charge in [-0.15, -0.1) is 0 Å². The van der Waals surface area contributed by atoms with Gasteiger partial charge in [0.05, 0.1) is 18.2 Å². The van der Waals surface area contributed by atoms with Crippen molar-refractivity contribution < 1.29 is 9.53 Å². The second-order valence-corrected chi connectivity index (χ2v) is 6.81. The zero-order chi connectivity index (χ0) is 18.8. The van der Waals surface area contributed by atoms with Gasteiger partial charge in [-0.3, -0.25) is 4.79 Å². The van der Waals surface area contributed by atoms with Crippen molar-refractivity contribution in [3.05, 3.63) is 53.2 Å². The molecular formula is C20H23N3O2S. The number of allylic oxidation sites excluding steroid dienone is 1. The number of carbonyl (C=O) groups excluding carboxylic acids is 1. The van der Waals surface area contributed by atoms with E-state index < -0.39 is 0 Å². The van der Waals surface area contributed by atoms with Crippen LogP contribution in [-0.4, -0.2) is 36.6 Å². The number of ether oxygens (including phenoxy) is 1. The SMILES string of the molecule is CCOc1ccc2ccccc2c1C1NC(=S)NC(C)=C1C(=O)N(C)C. The summed E-state index contributed by atoms with van der Waals surface area (Å²) in [4.78, 5) is 14.5. The molecule has 0 bridgehead atoms. The molecule has 0 radical (unpaired) electrons. The molecule has 1 aliphatic heterocycles. The predicted octanol–water partition coefficient (Wildman–Crippen LogP) is 3.12. The molecule has 2 aromatic carbocycles. The first-order chi connectivity index (χ1) is 12.4. The summed E-state index contributed by atoms with van der Waals surface area (Å²) in [5.74, 6) is 0.690. The van der Waals surface area contributed by atoms with Crippen LogP contribution >= 0.6 is 12.2 Å². The molecule has 0 aliphatic carbocycles. The highest BCUT2D eigenvalue weighted by Gasteiger charge is 2.33. The van der Waals surface area contributed by atoms with E-state index in [2.05, 4.69) is 16.7 Å². The fourth-order valence-electron chi connectivity index (χ4n) is 3.29. The first-order valence-electron chi connectivity index (χ1n) is 8.58. The Morgan fingerprint density at radius 2 is 1.96 bits per heavy atom. The van der Waals surface area contributed by atoms with E-state index >= 15 is 0 Å². The average molecular weight is 369 g/mol. The highest BCUT2D eigenvalue weighted by Crippen LogP contribution is 2.38. The van der Waals surface area contributed by atoms with Gasteiger partial charge in [-0.2, -0.15) is 0 Å². The number of nitrogens with zero attached hydrogens (tertiary/aromatic N) is 1. The lowest BCUT2D eigenvalue weighted by atomic mass is 9.90. The monoisotopic (exact) mass is 369 g/mol. The van der Waals surface area contributed by atoms with Gasteiger partial charge in [0.25, 0.3) is 5.91 Å². The molecule has 136 valence electrons. The molecule has 1 aliphatic rings. The zero-order valence-electron chi connectivity index (χ0n) is 15.4. The van der Waals surface area contributed by atoms with Crippen LogP contribution < -0.4 is 15.4 Å². The van der Waals surface area contributed by atoms with Crippen molar-refractivity contribution in [2.45, 2.75) is 19.9 Å². The summed E-state index contributed by atoms with van der Waals surface area (Å²) in [6.07, 6.45) is 0. The van der Waals surface area contributed by atoms with E-state index in [9.17, 15) is 4.79 Å². The summed E-state index contributed by atoms with van der Waals surface area (Å²) in [6, 6.07) is 11.7. The molecule has 26 heavy (non-hydrogen) atoms. The largest absolute Gasteiger partial charge is 0.493 e. The van der Waals surface area contributed by atoms with Crippen molar-refractivity contribution in [2.24, 2.45) is 0 Å². The fraction of sp³-hybridized carbons (Fsp3) is 0.300. The molecule has 0 spiro atoms. The van der Waals surface area contributed by atoms with Crippen LogP contribution in [0, 0.1) is 0 Å². The summed E-state index contributed by atoms with van der Waals surface area (Å²) < 4.78 is 5.91. The Labute approximate surface area is 159 Å². The summed E-state index contributed by atoms with van der Waals surface area (Å²) in [7, 11) is 3.50. The quantitative estimate of drug-likeness (QED) is 0.811. The van der Waals surface area contributed by atoms with Crippen LogP contribution in [-0.2, 0) is 4.79 Å². The minimum absolute atomic E-state index is 0.0645. The third-order valence-electron chi connectivity index (χ3n) is 4.42. The molecule has 1 amide bonds. The third-order valence-corrected chi connectivity index (χ3v) is 4.64. The maximum atomic E-state index is 12.9. The Morgan fingerprint density at radius 1 is 1.23 bits per heavy atom. The van der Waals surface area contributed by atoms with Crippen LogP contribution in [0.3, 0.4) is 0 Å². The molecule has 0 fully saturated rings. The number of hydrogen-bond acceptors (Lipinski definition) is 3. The molecule has 2 aromatic rings. The fourth-order valence-corrected chi connectivity index (χ4v) is 3.56. The minimum atomic E-state index is -0.383. The zero-order valence-corrected chi connectivity index (χ0v) is 16.2. The van der Waals surface area contributed by atoms with Crippen molar-refractivity contribution in [2.75, 3.05) is 20.7 Å². The molecular weight excluding hydrogens is 346 g/mol. The van der Waals surface area contributed by atoms with Crippen molar-refractivity contribution in [1.29, 1.82) is 0 Å². The van der Waals surface area contributed by atoms with Gasteiger partial charge in [0.2, 0.25) is 0 Å². The Kier molecular flexibility index (Phi) is 5.13. The first-order valence-corrected chi connectivity index (χ1v) is 8.99. The molecule has 1 unspecified atom stereocenters. The van der Waals surface area contributed by atoms with E-state index in [1.54, 1.807) is 19.0 Å². The van der Waals surface area contributed by atoms with Crippen LogP contribution in [0.2, 0.25) is 0 Å². The van der Waals surface area contributed by atoms with E-state index in [1.807, 2.05) is 44.2 Å². The number of amides is 1. The van der Waals surface area contributed by atoms with Gasteiger partial charge in [0.1, 0.15) is 5.75 Å². The maximum absolute atomic E-state index is 12.9. The molecule has 5 nitrogen and oxygen atoms in total. The summed E-state index contributed by atoms with van der Waals surface area (Å²) >= 11 is 5.37. The van der Waals surface area contributed by atoms with Crippen LogP contribution in [0.15, 0.2) is 47.7 Å². The van der Waals surface area contributed by atoms with E-state index in [-0.39, 0.29) is 11.9 Å². The number of rotatable bonds is 4. The Bertz CT molecular complexity index is 905. The Hall–Kier alpha value is -2.60.